The van der Waals surface area contributed by atoms with E-state index in [2.05, 4.69) is 40.5 Å². The van der Waals surface area contributed by atoms with Crippen LogP contribution in [0.25, 0.3) is 22.4 Å². The second-order valence-electron chi connectivity index (χ2n) is 8.31. The highest BCUT2D eigenvalue weighted by molar-refractivity contribution is 6.03. The zero-order valence-corrected chi connectivity index (χ0v) is 19.9. The first-order chi connectivity index (χ1) is 18.1. The molecule has 0 aliphatic heterocycles. The van der Waals surface area contributed by atoms with E-state index in [4.69, 9.17) is 0 Å². The van der Waals surface area contributed by atoms with Crippen LogP contribution >= 0.6 is 0 Å². The first-order valence-corrected chi connectivity index (χ1v) is 11.1. The highest BCUT2D eigenvalue weighted by atomic mass is 19.4. The summed E-state index contributed by atoms with van der Waals surface area (Å²) in [4.78, 5) is 36.3. The number of rotatable bonds is 5. The molecule has 192 valence electrons. The Labute approximate surface area is 212 Å². The van der Waals surface area contributed by atoms with Crippen LogP contribution in [0.3, 0.4) is 0 Å². The molecule has 4 aromatic heterocycles. The third-order valence-corrected chi connectivity index (χ3v) is 5.74. The fourth-order valence-electron chi connectivity index (χ4n) is 3.90. The van der Waals surface area contributed by atoms with Gasteiger partial charge < -0.3 is 15.6 Å². The number of aryl methyl sites for hydroxylation is 2. The van der Waals surface area contributed by atoms with Crippen LogP contribution in [0.1, 0.15) is 27.2 Å². The summed E-state index contributed by atoms with van der Waals surface area (Å²) in [6, 6.07) is 8.31. The first-order valence-electron chi connectivity index (χ1n) is 11.1. The topological polar surface area (TPSA) is 121 Å². The number of nitrogens with zero attached hydrogens (tertiary/aromatic N) is 5. The molecule has 5 rings (SSSR count). The molecule has 13 heteroatoms. The Kier molecular flexibility index (Phi) is 6.18. The Bertz CT molecular complexity index is 1680. The Morgan fingerprint density at radius 1 is 1.00 bits per heavy atom. The van der Waals surface area contributed by atoms with Crippen LogP contribution in [-0.2, 0) is 6.18 Å². The molecule has 0 atom stereocenters. The van der Waals surface area contributed by atoms with Gasteiger partial charge in [0.15, 0.2) is 17.2 Å². The van der Waals surface area contributed by atoms with Gasteiger partial charge in [-0.2, -0.15) is 13.2 Å². The van der Waals surface area contributed by atoms with Gasteiger partial charge in [0.25, 0.3) is 5.91 Å². The van der Waals surface area contributed by atoms with E-state index in [1.165, 1.54) is 18.7 Å². The van der Waals surface area contributed by atoms with Gasteiger partial charge in [0.1, 0.15) is 23.4 Å². The van der Waals surface area contributed by atoms with Crippen molar-refractivity contribution in [3.63, 3.8) is 0 Å². The average molecular weight is 522 g/mol. The molecular formula is C25H18F4N8O. The van der Waals surface area contributed by atoms with Crippen molar-refractivity contribution in [1.82, 2.24) is 29.9 Å². The molecule has 0 saturated heterocycles. The van der Waals surface area contributed by atoms with E-state index >= 15 is 0 Å². The minimum Gasteiger partial charge on any atom is -0.341 e. The molecule has 0 fully saturated rings. The minimum absolute atomic E-state index is 0.203. The van der Waals surface area contributed by atoms with E-state index in [1.807, 2.05) is 13.0 Å². The Hall–Kier alpha value is -4.94. The number of imidazole rings is 1. The molecule has 0 bridgehead atoms. The highest BCUT2D eigenvalue weighted by Crippen LogP contribution is 2.35. The second kappa shape index (κ2) is 9.50. The third kappa shape index (κ3) is 4.61. The predicted octanol–water partition coefficient (Wildman–Crippen LogP) is 5.58. The van der Waals surface area contributed by atoms with Gasteiger partial charge in [-0.3, -0.25) is 4.79 Å². The summed E-state index contributed by atoms with van der Waals surface area (Å²) >= 11 is 0. The van der Waals surface area contributed by atoms with Crippen LogP contribution in [0, 0.1) is 19.7 Å². The van der Waals surface area contributed by atoms with E-state index in [-0.39, 0.29) is 5.69 Å². The second-order valence-corrected chi connectivity index (χ2v) is 8.31. The van der Waals surface area contributed by atoms with Gasteiger partial charge in [-0.1, -0.05) is 6.07 Å². The smallest absolute Gasteiger partial charge is 0.341 e. The lowest BCUT2D eigenvalue weighted by Gasteiger charge is -2.15. The van der Waals surface area contributed by atoms with Crippen LogP contribution in [0.5, 0.6) is 0 Å². The fraction of sp³-hybridized carbons (Fsp3) is 0.120. The molecule has 1 amide bonds. The number of carbonyl (C=O) groups excluding carboxylic acids is 1. The maximum absolute atomic E-state index is 14.6. The number of benzene rings is 1. The number of anilines is 3. The number of aromatic amines is 1. The van der Waals surface area contributed by atoms with Crippen LogP contribution < -0.4 is 10.6 Å². The maximum Gasteiger partial charge on any atom is 0.419 e. The first kappa shape index (κ1) is 24.7. The average Bonchev–Trinajstić information content (AvgIpc) is 3.35. The Morgan fingerprint density at radius 3 is 2.61 bits per heavy atom. The largest absolute Gasteiger partial charge is 0.419 e. The summed E-state index contributed by atoms with van der Waals surface area (Å²) in [7, 11) is 0. The summed E-state index contributed by atoms with van der Waals surface area (Å²) in [5.74, 6) is -2.41. The molecule has 5 aromatic rings. The number of aromatic nitrogens is 6. The summed E-state index contributed by atoms with van der Waals surface area (Å²) in [6.45, 7) is 2.88. The molecule has 0 aliphatic carbocycles. The summed E-state index contributed by atoms with van der Waals surface area (Å²) in [6.07, 6.45) is 0.321. The molecule has 9 nitrogen and oxygen atoms in total. The lowest BCUT2D eigenvalue weighted by atomic mass is 10.1. The number of nitrogens with one attached hydrogen (secondary N) is 3. The lowest BCUT2D eigenvalue weighted by Crippen LogP contribution is -2.20. The van der Waals surface area contributed by atoms with E-state index in [1.54, 1.807) is 24.4 Å². The molecule has 0 aliphatic rings. The lowest BCUT2D eigenvalue weighted by molar-refractivity contribution is -0.140. The molecule has 0 unspecified atom stereocenters. The normalized spacial score (nSPS) is 11.5. The number of amides is 1. The van der Waals surface area contributed by atoms with Crippen molar-refractivity contribution in [3.05, 3.63) is 83.6 Å². The number of pyridine rings is 2. The summed E-state index contributed by atoms with van der Waals surface area (Å²) in [5, 5.41) is 5.62. The van der Waals surface area contributed by atoms with Crippen molar-refractivity contribution >= 4 is 34.3 Å². The molecule has 0 saturated carbocycles. The highest BCUT2D eigenvalue weighted by Gasteiger charge is 2.38. The number of H-pyrrole nitrogens is 1. The minimum atomic E-state index is -4.97. The van der Waals surface area contributed by atoms with Crippen LogP contribution in [0.15, 0.2) is 55.4 Å². The number of hydrogen-bond acceptors (Lipinski definition) is 7. The molecule has 3 N–H and O–H groups in total. The van der Waals surface area contributed by atoms with Crippen molar-refractivity contribution in [2.75, 3.05) is 10.6 Å². The monoisotopic (exact) mass is 522 g/mol. The van der Waals surface area contributed by atoms with Gasteiger partial charge >= 0.3 is 6.18 Å². The number of fused-ring (bicyclic) bond motifs is 1. The standard InChI is InChI=1S/C25H18F4N8O/c1-12-5-6-14(36-24(38)20-18(26)17(25(27,28)29)13(2)9-31-20)8-16(12)37-22-15(4-3-7-30-22)19-21-23(34-10-32-19)35-11-33-21/h3-11H,1-2H3,(H,30,37)(H,36,38)(H,32,33,34,35). The Balaban J connectivity index is 1.45. The summed E-state index contributed by atoms with van der Waals surface area (Å²) in [5.41, 5.74) is 0.905. The van der Waals surface area contributed by atoms with Crippen molar-refractivity contribution in [3.8, 4) is 11.3 Å². The fourth-order valence-corrected chi connectivity index (χ4v) is 3.90. The van der Waals surface area contributed by atoms with Gasteiger partial charge in [0.2, 0.25) is 0 Å². The Morgan fingerprint density at radius 2 is 1.82 bits per heavy atom. The van der Waals surface area contributed by atoms with E-state index in [0.717, 1.165) is 18.7 Å². The number of halogens is 4. The maximum atomic E-state index is 14.6. The summed E-state index contributed by atoms with van der Waals surface area (Å²) < 4.78 is 54.5. The van der Waals surface area contributed by atoms with Crippen molar-refractivity contribution < 1.29 is 22.4 Å². The molecular weight excluding hydrogens is 504 g/mol. The van der Waals surface area contributed by atoms with E-state index < -0.39 is 34.7 Å². The van der Waals surface area contributed by atoms with Crippen LogP contribution in [0.2, 0.25) is 0 Å². The number of hydrogen-bond donors (Lipinski definition) is 3. The SMILES string of the molecule is Cc1ccc(NC(=O)c2ncc(C)c(C(F)(F)F)c2F)cc1Nc1ncccc1-c1ncnc2nc[nH]c12. The van der Waals surface area contributed by atoms with Gasteiger partial charge in [-0.15, -0.1) is 0 Å². The number of carbonyl (C=O) groups is 1. The van der Waals surface area contributed by atoms with Crippen LogP contribution in [0.4, 0.5) is 34.8 Å². The zero-order valence-electron chi connectivity index (χ0n) is 19.9. The van der Waals surface area contributed by atoms with Gasteiger partial charge in [-0.25, -0.2) is 29.3 Å². The van der Waals surface area contributed by atoms with E-state index in [0.29, 0.717) is 33.9 Å². The van der Waals surface area contributed by atoms with Gasteiger partial charge in [-0.05, 0) is 49.2 Å². The molecule has 0 radical (unpaired) electrons. The third-order valence-electron chi connectivity index (χ3n) is 5.74. The van der Waals surface area contributed by atoms with Gasteiger partial charge in [0.05, 0.1) is 11.9 Å². The quantitative estimate of drug-likeness (QED) is 0.258. The molecule has 38 heavy (non-hydrogen) atoms. The number of alkyl halides is 3. The predicted molar refractivity (Wildman–Crippen MR) is 131 cm³/mol. The van der Waals surface area contributed by atoms with Crippen molar-refractivity contribution in [2.24, 2.45) is 0 Å². The van der Waals surface area contributed by atoms with Gasteiger partial charge in [0, 0.05) is 29.3 Å². The van der Waals surface area contributed by atoms with Crippen molar-refractivity contribution in [1.29, 1.82) is 0 Å². The van der Waals surface area contributed by atoms with E-state index in [9.17, 15) is 22.4 Å². The molecule has 0 spiro atoms. The zero-order chi connectivity index (χ0) is 27.0. The van der Waals surface area contributed by atoms with Crippen LogP contribution in [-0.4, -0.2) is 35.8 Å². The molecule has 4 heterocycles. The van der Waals surface area contributed by atoms with Crippen molar-refractivity contribution in [2.45, 2.75) is 20.0 Å². The molecule has 1 aromatic carbocycles.